The minimum atomic E-state index is -1.75. The fourth-order valence-corrected chi connectivity index (χ4v) is 6.30. The molecule has 1 saturated heterocycles. The monoisotopic (exact) mass is 634 g/mol. The summed E-state index contributed by atoms with van der Waals surface area (Å²) < 4.78 is 24.0. The lowest BCUT2D eigenvalue weighted by Gasteiger charge is -2.42. The number of amides is 3. The van der Waals surface area contributed by atoms with Crippen LogP contribution in [-0.2, 0) is 15.1 Å². The molecule has 4 aromatic rings. The molecular weight excluding hydrogens is 596 g/mol. The number of urea groups is 1. The summed E-state index contributed by atoms with van der Waals surface area (Å²) in [5, 5.41) is 12.3. The van der Waals surface area contributed by atoms with Crippen molar-refractivity contribution in [2.45, 2.75) is 23.9 Å². The van der Waals surface area contributed by atoms with Crippen molar-refractivity contribution in [3.63, 3.8) is 0 Å². The van der Waals surface area contributed by atoms with E-state index in [1.165, 1.54) is 4.90 Å². The number of hydrogen-bond acceptors (Lipinski definition) is 7. The molecule has 0 aromatic heterocycles. The Morgan fingerprint density at radius 3 is 1.91 bits per heavy atom. The predicted octanol–water partition coefficient (Wildman–Crippen LogP) is 5.62. The third-order valence-corrected chi connectivity index (χ3v) is 8.87. The maximum atomic E-state index is 14.0. The lowest BCUT2D eigenvalue weighted by Crippen LogP contribution is -2.61. The van der Waals surface area contributed by atoms with Gasteiger partial charge in [-0.15, -0.1) is 0 Å². The second-order valence-corrected chi connectivity index (χ2v) is 11.4. The molecule has 47 heavy (non-hydrogen) atoms. The Morgan fingerprint density at radius 1 is 0.809 bits per heavy atom. The molecule has 9 nitrogen and oxygen atoms in total. The highest BCUT2D eigenvalue weighted by Crippen LogP contribution is 2.43. The van der Waals surface area contributed by atoms with Crippen LogP contribution in [0.25, 0.3) is 0 Å². The number of hydrogen-bond donors (Lipinski definition) is 1. The Hall–Kier alpha value is -4.96. The number of ether oxygens (including phenoxy) is 4. The largest absolute Gasteiger partial charge is 0.497 e. The van der Waals surface area contributed by atoms with Crippen LogP contribution < -0.4 is 9.47 Å². The van der Waals surface area contributed by atoms with Crippen molar-refractivity contribution in [2.24, 2.45) is 0 Å². The smallest absolute Gasteiger partial charge is 0.329 e. The first-order valence-corrected chi connectivity index (χ1v) is 15.6. The van der Waals surface area contributed by atoms with Crippen LogP contribution in [0.3, 0.4) is 0 Å². The first kappa shape index (κ1) is 32.0. The molecule has 242 valence electrons. The SMILES string of the molecule is COc1ccc(C(OC[C@H]2OCC[C@@]2(O)N2CC=CCN(C(=O)c3ccccc3)C2=O)(c2ccccc2)c2ccc(OC)cc2)cc1. The van der Waals surface area contributed by atoms with E-state index >= 15 is 0 Å². The summed E-state index contributed by atoms with van der Waals surface area (Å²) in [5.41, 5.74) is -0.00902. The van der Waals surface area contributed by atoms with Gasteiger partial charge in [0.1, 0.15) is 23.2 Å². The van der Waals surface area contributed by atoms with Crippen LogP contribution in [0, 0.1) is 0 Å². The molecule has 0 bridgehead atoms. The summed E-state index contributed by atoms with van der Waals surface area (Å²) in [5.74, 6) is 0.951. The number of carbonyl (C=O) groups excluding carboxylic acids is 2. The Morgan fingerprint density at radius 2 is 1.34 bits per heavy atom. The highest BCUT2D eigenvalue weighted by atomic mass is 16.6. The van der Waals surface area contributed by atoms with Gasteiger partial charge in [-0.2, -0.15) is 0 Å². The number of nitrogens with zero attached hydrogens (tertiary/aromatic N) is 2. The van der Waals surface area contributed by atoms with Gasteiger partial charge in [-0.3, -0.25) is 14.6 Å². The number of methoxy groups -OCH3 is 2. The normalized spacial score (nSPS) is 19.8. The molecule has 0 radical (unpaired) electrons. The van der Waals surface area contributed by atoms with Crippen molar-refractivity contribution in [3.05, 3.63) is 144 Å². The number of rotatable bonds is 10. The first-order valence-electron chi connectivity index (χ1n) is 15.6. The fraction of sp³-hybridized carbons (Fsp3) is 0.263. The highest BCUT2D eigenvalue weighted by Gasteiger charge is 2.52. The third-order valence-electron chi connectivity index (χ3n) is 8.87. The molecule has 0 aliphatic carbocycles. The average molecular weight is 635 g/mol. The van der Waals surface area contributed by atoms with Crippen LogP contribution in [0.4, 0.5) is 4.79 Å². The van der Waals surface area contributed by atoms with Gasteiger partial charge >= 0.3 is 6.03 Å². The van der Waals surface area contributed by atoms with E-state index in [0.717, 1.165) is 21.6 Å². The summed E-state index contributed by atoms with van der Waals surface area (Å²) in [6, 6.07) is 33.2. The topological polar surface area (TPSA) is 97.8 Å². The minimum absolute atomic E-state index is 0.0798. The number of aliphatic hydroxyl groups is 1. The molecule has 2 aliphatic heterocycles. The summed E-state index contributed by atoms with van der Waals surface area (Å²) in [4.78, 5) is 29.9. The van der Waals surface area contributed by atoms with E-state index in [1.54, 1.807) is 50.6 Å². The number of carbonyl (C=O) groups is 2. The van der Waals surface area contributed by atoms with Gasteiger partial charge in [0, 0.05) is 25.1 Å². The van der Waals surface area contributed by atoms with E-state index in [2.05, 4.69) is 0 Å². The van der Waals surface area contributed by atoms with Crippen molar-refractivity contribution in [2.75, 3.05) is 40.5 Å². The Balaban J connectivity index is 1.37. The lowest BCUT2D eigenvalue weighted by atomic mass is 9.80. The van der Waals surface area contributed by atoms with Crippen molar-refractivity contribution >= 4 is 11.9 Å². The van der Waals surface area contributed by atoms with Crippen molar-refractivity contribution < 1.29 is 33.6 Å². The molecule has 2 aliphatic rings. The van der Waals surface area contributed by atoms with Gasteiger partial charge in [-0.1, -0.05) is 84.9 Å². The molecule has 2 atom stereocenters. The van der Waals surface area contributed by atoms with Gasteiger partial charge in [-0.05, 0) is 53.1 Å². The van der Waals surface area contributed by atoms with Crippen LogP contribution >= 0.6 is 0 Å². The van der Waals surface area contributed by atoms with Crippen molar-refractivity contribution in [1.82, 2.24) is 9.80 Å². The van der Waals surface area contributed by atoms with Gasteiger partial charge < -0.3 is 24.1 Å². The zero-order valence-electron chi connectivity index (χ0n) is 26.5. The van der Waals surface area contributed by atoms with E-state index < -0.39 is 29.4 Å². The molecule has 3 amide bonds. The van der Waals surface area contributed by atoms with Gasteiger partial charge in [-0.25, -0.2) is 4.79 Å². The number of benzene rings is 4. The summed E-state index contributed by atoms with van der Waals surface area (Å²) >= 11 is 0. The first-order chi connectivity index (χ1) is 22.9. The molecule has 6 rings (SSSR count). The van der Waals surface area contributed by atoms with Crippen LogP contribution in [-0.4, -0.2) is 79.2 Å². The summed E-state index contributed by atoms with van der Waals surface area (Å²) in [6.07, 6.45) is 2.77. The Kier molecular flexibility index (Phi) is 9.40. The van der Waals surface area contributed by atoms with E-state index in [1.807, 2.05) is 84.9 Å². The second kappa shape index (κ2) is 13.8. The van der Waals surface area contributed by atoms with Gasteiger partial charge in [0.25, 0.3) is 5.91 Å². The van der Waals surface area contributed by atoms with E-state index in [-0.39, 0.29) is 32.7 Å². The molecule has 1 fully saturated rings. The molecule has 2 heterocycles. The van der Waals surface area contributed by atoms with Gasteiger partial charge in [0.15, 0.2) is 5.72 Å². The van der Waals surface area contributed by atoms with Crippen LogP contribution in [0.5, 0.6) is 11.5 Å². The third kappa shape index (κ3) is 6.13. The molecule has 4 aromatic carbocycles. The van der Waals surface area contributed by atoms with Crippen LogP contribution in [0.15, 0.2) is 121 Å². The molecule has 0 saturated carbocycles. The number of imide groups is 1. The maximum absolute atomic E-state index is 14.0. The lowest BCUT2D eigenvalue weighted by molar-refractivity contribution is -0.156. The molecule has 0 spiro atoms. The Labute approximate surface area is 274 Å². The van der Waals surface area contributed by atoms with Crippen molar-refractivity contribution in [3.8, 4) is 11.5 Å². The quantitative estimate of drug-likeness (QED) is 0.179. The standard InChI is InChI=1S/C38H38N2O7/c1-44-32-19-15-30(16-20-32)38(29-13-7-4-8-14-29,31-17-21-33(45-2)22-18-31)47-27-34-37(43,23-26-46-34)40-25-10-9-24-39(36(40)42)35(41)28-11-5-3-6-12-28/h3-22,34,43H,23-27H2,1-2H3/t34-,37+/m1/s1. The molecular formula is C38H38N2O7. The zero-order valence-corrected chi connectivity index (χ0v) is 26.5. The molecule has 0 unspecified atom stereocenters. The van der Waals surface area contributed by atoms with E-state index in [9.17, 15) is 14.7 Å². The average Bonchev–Trinajstić information content (AvgIpc) is 3.39. The van der Waals surface area contributed by atoms with Gasteiger partial charge in [0.2, 0.25) is 0 Å². The summed E-state index contributed by atoms with van der Waals surface area (Å²) in [6.45, 7) is 0.319. The second-order valence-electron chi connectivity index (χ2n) is 11.4. The minimum Gasteiger partial charge on any atom is -0.497 e. The Bertz CT molecular complexity index is 1650. The maximum Gasteiger partial charge on any atom is 0.329 e. The van der Waals surface area contributed by atoms with E-state index in [4.69, 9.17) is 18.9 Å². The highest BCUT2D eigenvalue weighted by molar-refractivity contribution is 6.04. The predicted molar refractivity (Wildman–Crippen MR) is 176 cm³/mol. The van der Waals surface area contributed by atoms with Crippen LogP contribution in [0.1, 0.15) is 33.5 Å². The molecule has 9 heteroatoms. The fourth-order valence-electron chi connectivity index (χ4n) is 6.30. The van der Waals surface area contributed by atoms with Crippen molar-refractivity contribution in [1.29, 1.82) is 0 Å². The zero-order chi connectivity index (χ0) is 32.9. The van der Waals surface area contributed by atoms with Gasteiger partial charge in [0.05, 0.1) is 27.4 Å². The van der Waals surface area contributed by atoms with E-state index in [0.29, 0.717) is 17.1 Å². The molecule has 1 N–H and O–H groups in total. The van der Waals surface area contributed by atoms with Crippen LogP contribution in [0.2, 0.25) is 0 Å². The summed E-state index contributed by atoms with van der Waals surface area (Å²) in [7, 11) is 3.23.